The molecule has 0 spiro atoms. The molecular weight excluding hydrogens is 278 g/mol. The van der Waals surface area contributed by atoms with Gasteiger partial charge in [-0.05, 0) is 53.9 Å². The lowest BCUT2D eigenvalue weighted by Gasteiger charge is -2.16. The van der Waals surface area contributed by atoms with Crippen LogP contribution in [0.1, 0.15) is 27.2 Å². The van der Waals surface area contributed by atoms with Crippen molar-refractivity contribution in [2.24, 2.45) is 5.92 Å². The minimum absolute atomic E-state index is 0.181. The first-order valence-electron chi connectivity index (χ1n) is 6.21. The SMILES string of the molecule is CC(C)CCNCC(C)Oc1ccccc1Br. The van der Waals surface area contributed by atoms with E-state index in [0.717, 1.165) is 29.2 Å². The van der Waals surface area contributed by atoms with E-state index in [2.05, 4.69) is 42.0 Å². The molecule has 1 aromatic carbocycles. The normalized spacial score (nSPS) is 12.8. The summed E-state index contributed by atoms with van der Waals surface area (Å²) >= 11 is 3.48. The number of benzene rings is 1. The summed E-state index contributed by atoms with van der Waals surface area (Å²) in [6, 6.07) is 7.95. The zero-order valence-electron chi connectivity index (χ0n) is 10.9. The molecule has 1 unspecified atom stereocenters. The molecule has 0 saturated carbocycles. The van der Waals surface area contributed by atoms with Crippen molar-refractivity contribution >= 4 is 15.9 Å². The Bertz CT molecular complexity index is 328. The Morgan fingerprint density at radius 3 is 2.59 bits per heavy atom. The van der Waals surface area contributed by atoms with Gasteiger partial charge >= 0.3 is 0 Å². The summed E-state index contributed by atoms with van der Waals surface area (Å²) < 4.78 is 6.85. The van der Waals surface area contributed by atoms with Crippen LogP contribution in [-0.4, -0.2) is 19.2 Å². The number of nitrogens with one attached hydrogen (secondary N) is 1. The minimum atomic E-state index is 0.181. The van der Waals surface area contributed by atoms with Gasteiger partial charge in [0.15, 0.2) is 0 Å². The molecule has 0 heterocycles. The maximum atomic E-state index is 5.84. The van der Waals surface area contributed by atoms with Gasteiger partial charge in [-0.3, -0.25) is 0 Å². The first-order chi connectivity index (χ1) is 8.09. The van der Waals surface area contributed by atoms with E-state index in [1.807, 2.05) is 24.3 Å². The summed E-state index contributed by atoms with van der Waals surface area (Å²) in [6.45, 7) is 8.50. The minimum Gasteiger partial charge on any atom is -0.488 e. The molecule has 17 heavy (non-hydrogen) atoms. The summed E-state index contributed by atoms with van der Waals surface area (Å²) in [5.41, 5.74) is 0. The van der Waals surface area contributed by atoms with Gasteiger partial charge in [0, 0.05) is 6.54 Å². The van der Waals surface area contributed by atoms with Crippen LogP contribution in [0, 0.1) is 5.92 Å². The zero-order chi connectivity index (χ0) is 12.7. The molecular formula is C14H22BrNO. The highest BCUT2D eigenvalue weighted by Crippen LogP contribution is 2.24. The molecule has 96 valence electrons. The average Bonchev–Trinajstić information content (AvgIpc) is 2.27. The van der Waals surface area contributed by atoms with Gasteiger partial charge in [-0.2, -0.15) is 0 Å². The molecule has 0 aromatic heterocycles. The van der Waals surface area contributed by atoms with Crippen LogP contribution in [0.3, 0.4) is 0 Å². The number of halogens is 1. The smallest absolute Gasteiger partial charge is 0.133 e. The molecule has 3 heteroatoms. The second-order valence-corrected chi connectivity index (χ2v) is 5.60. The van der Waals surface area contributed by atoms with E-state index in [1.165, 1.54) is 6.42 Å². The van der Waals surface area contributed by atoms with Gasteiger partial charge in [0.1, 0.15) is 11.9 Å². The van der Waals surface area contributed by atoms with Crippen LogP contribution in [0.4, 0.5) is 0 Å². The van der Waals surface area contributed by atoms with Gasteiger partial charge in [0.05, 0.1) is 4.47 Å². The van der Waals surface area contributed by atoms with Gasteiger partial charge < -0.3 is 10.1 Å². The second-order valence-electron chi connectivity index (χ2n) is 4.75. The standard InChI is InChI=1S/C14H22BrNO/c1-11(2)8-9-16-10-12(3)17-14-7-5-4-6-13(14)15/h4-7,11-12,16H,8-10H2,1-3H3. The van der Waals surface area contributed by atoms with E-state index in [9.17, 15) is 0 Å². The Hall–Kier alpha value is -0.540. The summed E-state index contributed by atoms with van der Waals surface area (Å²) in [5.74, 6) is 1.66. The van der Waals surface area contributed by atoms with Crippen molar-refractivity contribution in [2.75, 3.05) is 13.1 Å². The molecule has 0 aliphatic carbocycles. The Labute approximate surface area is 113 Å². The van der Waals surface area contributed by atoms with Crippen molar-refractivity contribution < 1.29 is 4.74 Å². The molecule has 1 rings (SSSR count). The molecule has 2 nitrogen and oxygen atoms in total. The van der Waals surface area contributed by atoms with E-state index >= 15 is 0 Å². The van der Waals surface area contributed by atoms with Crippen LogP contribution in [0.25, 0.3) is 0 Å². The first-order valence-corrected chi connectivity index (χ1v) is 7.00. The van der Waals surface area contributed by atoms with Crippen LogP contribution in [0.15, 0.2) is 28.7 Å². The largest absolute Gasteiger partial charge is 0.488 e. The number of rotatable bonds is 7. The van der Waals surface area contributed by atoms with Gasteiger partial charge in [-0.25, -0.2) is 0 Å². The molecule has 0 radical (unpaired) electrons. The average molecular weight is 300 g/mol. The number of para-hydroxylation sites is 1. The van der Waals surface area contributed by atoms with Crippen LogP contribution < -0.4 is 10.1 Å². The van der Waals surface area contributed by atoms with Crippen molar-refractivity contribution in [3.63, 3.8) is 0 Å². The van der Waals surface area contributed by atoms with Crippen LogP contribution in [0.5, 0.6) is 5.75 Å². The van der Waals surface area contributed by atoms with E-state index in [-0.39, 0.29) is 6.10 Å². The molecule has 0 aliphatic rings. The summed E-state index contributed by atoms with van der Waals surface area (Å²) in [5, 5.41) is 3.42. The Balaban J connectivity index is 2.25. The number of hydrogen-bond acceptors (Lipinski definition) is 2. The van der Waals surface area contributed by atoms with E-state index in [0.29, 0.717) is 0 Å². The fourth-order valence-electron chi connectivity index (χ4n) is 1.49. The Morgan fingerprint density at radius 1 is 1.24 bits per heavy atom. The molecule has 0 amide bonds. The second kappa shape index (κ2) is 7.72. The number of hydrogen-bond donors (Lipinski definition) is 1. The zero-order valence-corrected chi connectivity index (χ0v) is 12.5. The van der Waals surface area contributed by atoms with Crippen LogP contribution in [0.2, 0.25) is 0 Å². The lowest BCUT2D eigenvalue weighted by Crippen LogP contribution is -2.30. The van der Waals surface area contributed by atoms with Crippen LogP contribution >= 0.6 is 15.9 Å². The van der Waals surface area contributed by atoms with Crippen LogP contribution in [-0.2, 0) is 0 Å². The fourth-order valence-corrected chi connectivity index (χ4v) is 1.87. The van der Waals surface area contributed by atoms with E-state index in [1.54, 1.807) is 0 Å². The lowest BCUT2D eigenvalue weighted by molar-refractivity contribution is 0.215. The summed E-state index contributed by atoms with van der Waals surface area (Å²) in [7, 11) is 0. The van der Waals surface area contributed by atoms with E-state index in [4.69, 9.17) is 4.74 Å². The van der Waals surface area contributed by atoms with Gasteiger partial charge in [-0.1, -0.05) is 26.0 Å². The first kappa shape index (κ1) is 14.5. The van der Waals surface area contributed by atoms with Crippen molar-refractivity contribution in [2.45, 2.75) is 33.3 Å². The molecule has 0 fully saturated rings. The van der Waals surface area contributed by atoms with E-state index < -0.39 is 0 Å². The predicted molar refractivity (Wildman–Crippen MR) is 76.6 cm³/mol. The quantitative estimate of drug-likeness (QED) is 0.772. The van der Waals surface area contributed by atoms with Gasteiger partial charge in [0.2, 0.25) is 0 Å². The van der Waals surface area contributed by atoms with Gasteiger partial charge in [0.25, 0.3) is 0 Å². The molecule has 0 saturated heterocycles. The third-order valence-corrected chi connectivity index (χ3v) is 3.15. The molecule has 0 bridgehead atoms. The third-order valence-electron chi connectivity index (χ3n) is 2.50. The number of ether oxygens (including phenoxy) is 1. The Morgan fingerprint density at radius 2 is 1.94 bits per heavy atom. The third kappa shape index (κ3) is 6.08. The highest BCUT2D eigenvalue weighted by atomic mass is 79.9. The van der Waals surface area contributed by atoms with Crippen molar-refractivity contribution in [3.8, 4) is 5.75 Å². The van der Waals surface area contributed by atoms with Crippen molar-refractivity contribution in [1.82, 2.24) is 5.32 Å². The highest BCUT2D eigenvalue weighted by molar-refractivity contribution is 9.10. The lowest BCUT2D eigenvalue weighted by atomic mass is 10.1. The highest BCUT2D eigenvalue weighted by Gasteiger charge is 2.06. The molecule has 0 aliphatic heterocycles. The maximum absolute atomic E-state index is 5.84. The van der Waals surface area contributed by atoms with Crippen molar-refractivity contribution in [1.29, 1.82) is 0 Å². The fraction of sp³-hybridized carbons (Fsp3) is 0.571. The summed E-state index contributed by atoms with van der Waals surface area (Å²) in [4.78, 5) is 0. The maximum Gasteiger partial charge on any atom is 0.133 e. The summed E-state index contributed by atoms with van der Waals surface area (Å²) in [6.07, 6.45) is 1.39. The molecule has 1 N–H and O–H groups in total. The predicted octanol–water partition coefficient (Wildman–Crippen LogP) is 3.85. The monoisotopic (exact) mass is 299 g/mol. The Kier molecular flexibility index (Phi) is 6.60. The topological polar surface area (TPSA) is 21.3 Å². The van der Waals surface area contributed by atoms with Gasteiger partial charge in [-0.15, -0.1) is 0 Å². The van der Waals surface area contributed by atoms with Crippen molar-refractivity contribution in [3.05, 3.63) is 28.7 Å². The molecule has 1 aromatic rings. The molecule has 1 atom stereocenters.